The Kier molecular flexibility index (Phi) is 7.65. The number of piperidine rings is 1. The van der Waals surface area contributed by atoms with Gasteiger partial charge in [-0.3, -0.25) is 4.79 Å². The molecule has 10 heteroatoms. The maximum absolute atomic E-state index is 12.7. The van der Waals surface area contributed by atoms with E-state index in [1.165, 1.54) is 0 Å². The number of anilines is 2. The minimum absolute atomic E-state index is 0.0251. The highest BCUT2D eigenvalue weighted by Gasteiger charge is 2.38. The summed E-state index contributed by atoms with van der Waals surface area (Å²) in [5.41, 5.74) is 6.70. The minimum atomic E-state index is -0.344. The van der Waals surface area contributed by atoms with E-state index in [1.54, 1.807) is 18.3 Å². The molecular weight excluding hydrogens is 446 g/mol. The number of nitrogens with one attached hydrogen (secondary N) is 1. The van der Waals surface area contributed by atoms with Gasteiger partial charge < -0.3 is 25.4 Å². The van der Waals surface area contributed by atoms with E-state index in [1.807, 2.05) is 13.0 Å². The third-order valence-corrected chi connectivity index (χ3v) is 6.37. The molecule has 10 nitrogen and oxygen atoms in total. The standard InChI is InChI=1S/C25H31N7O3/c1-3-16(2)29-24(33)20-12-22(31-25(30-20)35-15-19-11-18(19)13-26)32-9-6-17(7-10-32)14-34-21-5-4-8-28-23(21)27/h4-5,8,12,17-19H,2-3,6-7,9-11,14-15H2,1H3,(H2,27,28)(H,29,33). The summed E-state index contributed by atoms with van der Waals surface area (Å²) in [5.74, 6) is 1.88. The summed E-state index contributed by atoms with van der Waals surface area (Å²) in [6.07, 6.45) is 4.89. The molecule has 1 saturated heterocycles. The molecule has 2 atom stereocenters. The Bertz CT molecular complexity index is 1110. The van der Waals surface area contributed by atoms with E-state index < -0.39 is 0 Å². The van der Waals surface area contributed by atoms with Crippen molar-refractivity contribution in [1.82, 2.24) is 20.3 Å². The molecule has 2 aliphatic rings. The van der Waals surface area contributed by atoms with E-state index >= 15 is 0 Å². The van der Waals surface area contributed by atoms with Gasteiger partial charge in [-0.1, -0.05) is 13.5 Å². The van der Waals surface area contributed by atoms with Crippen molar-refractivity contribution in [2.24, 2.45) is 17.8 Å². The highest BCUT2D eigenvalue weighted by atomic mass is 16.5. The van der Waals surface area contributed by atoms with Crippen LogP contribution in [0.15, 0.2) is 36.7 Å². The van der Waals surface area contributed by atoms with Crippen LogP contribution >= 0.6 is 0 Å². The number of aromatic nitrogens is 3. The summed E-state index contributed by atoms with van der Waals surface area (Å²) in [5, 5.41) is 11.8. The van der Waals surface area contributed by atoms with E-state index in [-0.39, 0.29) is 29.4 Å². The topological polar surface area (TPSA) is 139 Å². The molecule has 0 spiro atoms. The lowest BCUT2D eigenvalue weighted by molar-refractivity contribution is 0.0958. The van der Waals surface area contributed by atoms with Crippen molar-refractivity contribution in [3.63, 3.8) is 0 Å². The van der Waals surface area contributed by atoms with Gasteiger partial charge in [0, 0.05) is 37.0 Å². The third kappa shape index (κ3) is 6.38. The number of carbonyl (C=O) groups excluding carboxylic acids is 1. The fourth-order valence-electron chi connectivity index (χ4n) is 3.90. The van der Waals surface area contributed by atoms with Gasteiger partial charge in [-0.15, -0.1) is 0 Å². The number of pyridine rings is 1. The number of amides is 1. The number of rotatable bonds is 10. The normalized spacial score (nSPS) is 19.5. The number of ether oxygens (including phenoxy) is 2. The molecule has 184 valence electrons. The molecule has 4 rings (SSSR count). The van der Waals surface area contributed by atoms with Crippen molar-refractivity contribution in [2.45, 2.75) is 32.6 Å². The predicted molar refractivity (Wildman–Crippen MR) is 131 cm³/mol. The van der Waals surface area contributed by atoms with Gasteiger partial charge in [0.05, 0.1) is 25.2 Å². The van der Waals surface area contributed by atoms with Gasteiger partial charge in [0.2, 0.25) is 0 Å². The Morgan fingerprint density at radius 2 is 2.11 bits per heavy atom. The molecule has 1 aliphatic heterocycles. The van der Waals surface area contributed by atoms with E-state index in [9.17, 15) is 4.79 Å². The molecular formula is C25H31N7O3. The molecule has 3 N–H and O–H groups in total. The summed E-state index contributed by atoms with van der Waals surface area (Å²) in [4.78, 5) is 27.8. The molecule has 0 aromatic carbocycles. The lowest BCUT2D eigenvalue weighted by atomic mass is 9.98. The summed E-state index contributed by atoms with van der Waals surface area (Å²) >= 11 is 0. The molecule has 2 aromatic rings. The maximum atomic E-state index is 12.7. The molecule has 1 aliphatic carbocycles. The zero-order chi connectivity index (χ0) is 24.8. The molecule has 3 heterocycles. The smallest absolute Gasteiger partial charge is 0.319 e. The first-order valence-electron chi connectivity index (χ1n) is 12.0. The van der Waals surface area contributed by atoms with Gasteiger partial charge in [0.1, 0.15) is 11.5 Å². The van der Waals surface area contributed by atoms with Crippen LogP contribution in [-0.4, -0.2) is 47.2 Å². The van der Waals surface area contributed by atoms with Gasteiger partial charge in [-0.05, 0) is 43.7 Å². The lowest BCUT2D eigenvalue weighted by Crippen LogP contribution is -2.36. The molecule has 2 aromatic heterocycles. The summed E-state index contributed by atoms with van der Waals surface area (Å²) in [6, 6.07) is 7.71. The second-order valence-electron chi connectivity index (χ2n) is 8.98. The Morgan fingerprint density at radius 1 is 1.31 bits per heavy atom. The molecule has 2 unspecified atom stereocenters. The average Bonchev–Trinajstić information content (AvgIpc) is 3.66. The first-order valence-corrected chi connectivity index (χ1v) is 12.0. The summed E-state index contributed by atoms with van der Waals surface area (Å²) in [6.45, 7) is 8.20. The molecule has 35 heavy (non-hydrogen) atoms. The molecule has 2 fully saturated rings. The number of hydrogen-bond acceptors (Lipinski definition) is 9. The quantitative estimate of drug-likeness (QED) is 0.528. The van der Waals surface area contributed by atoms with Crippen LogP contribution in [0.1, 0.15) is 43.1 Å². The van der Waals surface area contributed by atoms with Crippen LogP contribution < -0.4 is 25.4 Å². The Balaban J connectivity index is 1.40. The van der Waals surface area contributed by atoms with Crippen LogP contribution in [0.4, 0.5) is 11.6 Å². The fourth-order valence-corrected chi connectivity index (χ4v) is 3.90. The van der Waals surface area contributed by atoms with Crippen LogP contribution in [0.5, 0.6) is 11.8 Å². The Hall–Kier alpha value is -3.87. The van der Waals surface area contributed by atoms with Crippen molar-refractivity contribution in [3.05, 3.63) is 42.4 Å². The number of hydrogen-bond donors (Lipinski definition) is 2. The van der Waals surface area contributed by atoms with Crippen LogP contribution in [0.3, 0.4) is 0 Å². The maximum Gasteiger partial charge on any atom is 0.319 e. The fraction of sp³-hybridized carbons (Fsp3) is 0.480. The van der Waals surface area contributed by atoms with Crippen molar-refractivity contribution < 1.29 is 14.3 Å². The zero-order valence-electron chi connectivity index (χ0n) is 19.9. The van der Waals surface area contributed by atoms with Gasteiger partial charge in [0.15, 0.2) is 11.6 Å². The predicted octanol–water partition coefficient (Wildman–Crippen LogP) is 2.94. The largest absolute Gasteiger partial charge is 0.489 e. The van der Waals surface area contributed by atoms with Gasteiger partial charge in [-0.25, -0.2) is 4.98 Å². The first-order chi connectivity index (χ1) is 17.0. The molecule has 1 saturated carbocycles. The van der Waals surface area contributed by atoms with Crippen LogP contribution in [0.2, 0.25) is 0 Å². The number of carbonyl (C=O) groups is 1. The molecule has 0 radical (unpaired) electrons. The highest BCUT2D eigenvalue weighted by molar-refractivity contribution is 5.94. The molecule has 1 amide bonds. The van der Waals surface area contributed by atoms with Gasteiger partial charge >= 0.3 is 6.01 Å². The Morgan fingerprint density at radius 3 is 2.80 bits per heavy atom. The van der Waals surface area contributed by atoms with Crippen molar-refractivity contribution in [3.8, 4) is 17.8 Å². The number of nitrogen functional groups attached to an aromatic ring is 1. The van der Waals surface area contributed by atoms with Crippen LogP contribution in [0.25, 0.3) is 0 Å². The van der Waals surface area contributed by atoms with E-state index in [0.29, 0.717) is 48.6 Å². The van der Waals surface area contributed by atoms with Crippen molar-refractivity contribution >= 4 is 17.5 Å². The van der Waals surface area contributed by atoms with Gasteiger partial charge in [-0.2, -0.15) is 15.2 Å². The second-order valence-corrected chi connectivity index (χ2v) is 8.98. The van der Waals surface area contributed by atoms with E-state index in [2.05, 4.69) is 37.8 Å². The lowest BCUT2D eigenvalue weighted by Gasteiger charge is -2.32. The minimum Gasteiger partial charge on any atom is -0.489 e. The van der Waals surface area contributed by atoms with Crippen molar-refractivity contribution in [2.75, 3.05) is 36.9 Å². The SMILES string of the molecule is C=C(CC)NC(=O)c1cc(N2CCC(COc3cccnc3N)CC2)nc(OCC2CC2C#N)n1. The highest BCUT2D eigenvalue weighted by Crippen LogP contribution is 2.37. The average molecular weight is 478 g/mol. The second kappa shape index (κ2) is 11.0. The molecule has 0 bridgehead atoms. The zero-order valence-corrected chi connectivity index (χ0v) is 19.9. The van der Waals surface area contributed by atoms with Crippen molar-refractivity contribution in [1.29, 1.82) is 5.26 Å². The monoisotopic (exact) mass is 477 g/mol. The first kappa shape index (κ1) is 24.3. The summed E-state index contributed by atoms with van der Waals surface area (Å²) < 4.78 is 11.7. The third-order valence-electron chi connectivity index (χ3n) is 6.37. The summed E-state index contributed by atoms with van der Waals surface area (Å²) in [7, 11) is 0. The van der Waals surface area contributed by atoms with E-state index in [0.717, 1.165) is 32.4 Å². The Labute approximate surface area is 205 Å². The number of nitrogens with zero attached hydrogens (tertiary/aromatic N) is 5. The van der Waals surface area contributed by atoms with E-state index in [4.69, 9.17) is 20.5 Å². The number of allylic oxidation sites excluding steroid dienone is 1. The van der Waals surface area contributed by atoms with Crippen LogP contribution in [-0.2, 0) is 0 Å². The number of nitriles is 1. The van der Waals surface area contributed by atoms with Gasteiger partial charge in [0.25, 0.3) is 5.91 Å². The number of nitrogens with two attached hydrogens (primary N) is 1. The van der Waals surface area contributed by atoms with Crippen LogP contribution in [0, 0.1) is 29.1 Å².